The Morgan fingerprint density at radius 1 is 0.741 bits per heavy atom. The Morgan fingerprint density at radius 2 is 1.22 bits per heavy atom. The smallest absolute Gasteiger partial charge is 0.203 e. The second-order valence-corrected chi connectivity index (χ2v) is 6.71. The number of halogens is 1. The summed E-state index contributed by atoms with van der Waals surface area (Å²) in [6.07, 6.45) is 0. The van der Waals surface area contributed by atoms with E-state index >= 15 is 0 Å². The van der Waals surface area contributed by atoms with Gasteiger partial charge in [0.2, 0.25) is 5.75 Å². The van der Waals surface area contributed by atoms with Crippen LogP contribution in [0.25, 0.3) is 0 Å². The summed E-state index contributed by atoms with van der Waals surface area (Å²) in [4.78, 5) is 4.82. The van der Waals surface area contributed by atoms with Gasteiger partial charge in [-0.05, 0) is 35.4 Å². The molecule has 0 aliphatic carbocycles. The van der Waals surface area contributed by atoms with Gasteiger partial charge in [0.05, 0.1) is 21.3 Å². The summed E-state index contributed by atoms with van der Waals surface area (Å²) in [5.41, 5.74) is 2.28. The molecule has 1 fully saturated rings. The van der Waals surface area contributed by atoms with Gasteiger partial charge in [-0.2, -0.15) is 0 Å². The van der Waals surface area contributed by atoms with Crippen LogP contribution in [0.2, 0.25) is 0 Å². The number of benzene rings is 2. The molecule has 2 aromatic carbocycles. The van der Waals surface area contributed by atoms with Gasteiger partial charge in [-0.15, -0.1) is 0 Å². The molecule has 3 rings (SSSR count). The maximum absolute atomic E-state index is 13.0. The van der Waals surface area contributed by atoms with Crippen molar-refractivity contribution in [2.45, 2.75) is 13.1 Å². The number of hydrogen-bond donors (Lipinski definition) is 0. The van der Waals surface area contributed by atoms with Gasteiger partial charge < -0.3 is 14.2 Å². The van der Waals surface area contributed by atoms with Crippen LogP contribution in [0.5, 0.6) is 17.2 Å². The second kappa shape index (κ2) is 9.06. The van der Waals surface area contributed by atoms with Gasteiger partial charge in [-0.25, -0.2) is 4.39 Å². The van der Waals surface area contributed by atoms with E-state index in [-0.39, 0.29) is 5.82 Å². The molecule has 1 heterocycles. The predicted octanol–water partition coefficient (Wildman–Crippen LogP) is 3.17. The molecule has 27 heavy (non-hydrogen) atoms. The summed E-state index contributed by atoms with van der Waals surface area (Å²) in [5, 5.41) is 0. The molecule has 0 atom stereocenters. The predicted molar refractivity (Wildman–Crippen MR) is 103 cm³/mol. The van der Waals surface area contributed by atoms with Crippen molar-refractivity contribution in [1.29, 1.82) is 0 Å². The zero-order valence-electron chi connectivity index (χ0n) is 16.2. The normalized spacial score (nSPS) is 15.6. The molecule has 0 saturated carbocycles. The van der Waals surface area contributed by atoms with Crippen molar-refractivity contribution >= 4 is 0 Å². The van der Waals surface area contributed by atoms with E-state index in [0.717, 1.165) is 50.4 Å². The number of nitrogens with zero attached hydrogens (tertiary/aromatic N) is 2. The van der Waals surface area contributed by atoms with Gasteiger partial charge in [0.25, 0.3) is 0 Å². The van der Waals surface area contributed by atoms with Crippen LogP contribution in [0.3, 0.4) is 0 Å². The summed E-state index contributed by atoms with van der Waals surface area (Å²) >= 11 is 0. The molecule has 0 radical (unpaired) electrons. The first-order valence-electron chi connectivity index (χ1n) is 9.11. The topological polar surface area (TPSA) is 34.2 Å². The van der Waals surface area contributed by atoms with Crippen molar-refractivity contribution in [3.8, 4) is 17.2 Å². The molecule has 1 aliphatic rings. The van der Waals surface area contributed by atoms with Gasteiger partial charge in [-0.1, -0.05) is 12.1 Å². The molecule has 146 valence electrons. The number of ether oxygens (including phenoxy) is 3. The Balaban J connectivity index is 1.58. The van der Waals surface area contributed by atoms with Crippen LogP contribution in [0.4, 0.5) is 4.39 Å². The average Bonchev–Trinajstić information content (AvgIpc) is 2.70. The zero-order chi connectivity index (χ0) is 19.2. The van der Waals surface area contributed by atoms with Crippen LogP contribution in [0.15, 0.2) is 36.4 Å². The lowest BCUT2D eigenvalue weighted by Crippen LogP contribution is -2.45. The van der Waals surface area contributed by atoms with Crippen LogP contribution < -0.4 is 14.2 Å². The third-order valence-corrected chi connectivity index (χ3v) is 4.92. The lowest BCUT2D eigenvalue weighted by molar-refractivity contribution is 0.122. The molecular weight excluding hydrogens is 347 g/mol. The van der Waals surface area contributed by atoms with Crippen molar-refractivity contribution in [2.24, 2.45) is 0 Å². The largest absolute Gasteiger partial charge is 0.493 e. The van der Waals surface area contributed by atoms with E-state index in [1.807, 2.05) is 24.3 Å². The molecule has 1 saturated heterocycles. The van der Waals surface area contributed by atoms with E-state index in [2.05, 4.69) is 9.80 Å². The summed E-state index contributed by atoms with van der Waals surface area (Å²) in [6.45, 7) is 5.64. The average molecular weight is 374 g/mol. The first-order chi connectivity index (χ1) is 13.1. The van der Waals surface area contributed by atoms with Gasteiger partial charge in [0, 0.05) is 39.3 Å². The Kier molecular flexibility index (Phi) is 6.53. The molecule has 0 bridgehead atoms. The van der Waals surface area contributed by atoms with Crippen LogP contribution >= 0.6 is 0 Å². The van der Waals surface area contributed by atoms with Crippen molar-refractivity contribution in [3.63, 3.8) is 0 Å². The molecule has 5 nitrogen and oxygen atoms in total. The van der Waals surface area contributed by atoms with Gasteiger partial charge in [0.15, 0.2) is 11.5 Å². The van der Waals surface area contributed by atoms with Crippen molar-refractivity contribution in [1.82, 2.24) is 9.80 Å². The van der Waals surface area contributed by atoms with Gasteiger partial charge in [0.1, 0.15) is 5.82 Å². The highest BCUT2D eigenvalue weighted by Gasteiger charge is 2.19. The molecule has 1 aliphatic heterocycles. The Morgan fingerprint density at radius 3 is 1.67 bits per heavy atom. The zero-order valence-corrected chi connectivity index (χ0v) is 16.2. The third kappa shape index (κ3) is 4.90. The van der Waals surface area contributed by atoms with Crippen molar-refractivity contribution in [3.05, 3.63) is 53.3 Å². The Labute approximate surface area is 160 Å². The van der Waals surface area contributed by atoms with Crippen molar-refractivity contribution < 1.29 is 18.6 Å². The SMILES string of the molecule is COc1cc(CN2CCN(Cc3ccc(F)cc3)CC2)cc(OC)c1OC. The second-order valence-electron chi connectivity index (χ2n) is 6.71. The lowest BCUT2D eigenvalue weighted by atomic mass is 10.1. The van der Waals surface area contributed by atoms with E-state index in [4.69, 9.17) is 14.2 Å². The highest BCUT2D eigenvalue weighted by molar-refractivity contribution is 5.53. The van der Waals surface area contributed by atoms with Crippen LogP contribution in [0.1, 0.15) is 11.1 Å². The molecule has 6 heteroatoms. The lowest BCUT2D eigenvalue weighted by Gasteiger charge is -2.34. The first-order valence-corrected chi connectivity index (χ1v) is 9.11. The van der Waals surface area contributed by atoms with E-state index in [0.29, 0.717) is 17.2 Å². The Hall–Kier alpha value is -2.31. The highest BCUT2D eigenvalue weighted by Crippen LogP contribution is 2.38. The monoisotopic (exact) mass is 374 g/mol. The minimum atomic E-state index is -0.186. The summed E-state index contributed by atoms with van der Waals surface area (Å²) < 4.78 is 29.3. The van der Waals surface area contributed by atoms with E-state index < -0.39 is 0 Å². The summed E-state index contributed by atoms with van der Waals surface area (Å²) in [6, 6.07) is 10.8. The number of rotatable bonds is 7. The summed E-state index contributed by atoms with van der Waals surface area (Å²) in [7, 11) is 4.88. The summed E-state index contributed by atoms with van der Waals surface area (Å²) in [5.74, 6) is 1.80. The standard InChI is InChI=1S/C21H27FN2O3/c1-25-19-12-17(13-20(26-2)21(19)27-3)15-24-10-8-23(9-11-24)14-16-4-6-18(22)7-5-16/h4-7,12-13H,8-11,14-15H2,1-3H3. The molecule has 2 aromatic rings. The van der Waals surface area contributed by atoms with Crippen LogP contribution in [0, 0.1) is 5.82 Å². The molecule has 0 unspecified atom stereocenters. The number of hydrogen-bond acceptors (Lipinski definition) is 5. The fraction of sp³-hybridized carbons (Fsp3) is 0.429. The highest BCUT2D eigenvalue weighted by atomic mass is 19.1. The molecule has 0 aromatic heterocycles. The quantitative estimate of drug-likeness (QED) is 0.744. The molecule has 0 amide bonds. The fourth-order valence-corrected chi connectivity index (χ4v) is 3.44. The van der Waals surface area contributed by atoms with E-state index in [1.165, 1.54) is 12.1 Å². The minimum absolute atomic E-state index is 0.186. The Bertz CT molecular complexity index is 719. The maximum atomic E-state index is 13.0. The van der Waals surface area contributed by atoms with Gasteiger partial charge >= 0.3 is 0 Å². The maximum Gasteiger partial charge on any atom is 0.203 e. The van der Waals surface area contributed by atoms with Gasteiger partial charge in [-0.3, -0.25) is 9.80 Å². The number of piperazine rings is 1. The van der Waals surface area contributed by atoms with Crippen LogP contribution in [-0.2, 0) is 13.1 Å². The first kappa shape index (κ1) is 19.5. The number of methoxy groups -OCH3 is 3. The van der Waals surface area contributed by atoms with E-state index in [1.54, 1.807) is 21.3 Å². The third-order valence-electron chi connectivity index (χ3n) is 4.92. The van der Waals surface area contributed by atoms with Crippen LogP contribution in [-0.4, -0.2) is 57.3 Å². The molecular formula is C21H27FN2O3. The molecule has 0 N–H and O–H groups in total. The molecule has 0 spiro atoms. The van der Waals surface area contributed by atoms with E-state index in [9.17, 15) is 4.39 Å². The van der Waals surface area contributed by atoms with Crippen molar-refractivity contribution in [2.75, 3.05) is 47.5 Å². The fourth-order valence-electron chi connectivity index (χ4n) is 3.44. The minimum Gasteiger partial charge on any atom is -0.493 e.